The standard InChI is InChI=1S/C19H27N3O2/c1-15(16-6-3-2-4-7-16)21-18(23)22-12-9-19(24,10-13-22)17-8-5-11-20-14-17/h5-6,8,11,14-15,24H,2-4,7,9-10,12-13H2,1H3,(H,21,23)/t15-/m1/s1. The normalized spacial score (nSPS) is 21.8. The third-order valence-corrected chi connectivity index (χ3v) is 5.30. The molecule has 0 saturated carbocycles. The Kier molecular flexibility index (Phi) is 5.19. The lowest BCUT2D eigenvalue weighted by Gasteiger charge is -2.38. The summed E-state index contributed by atoms with van der Waals surface area (Å²) in [4.78, 5) is 18.4. The van der Waals surface area contributed by atoms with Crippen molar-refractivity contribution in [2.24, 2.45) is 0 Å². The maximum Gasteiger partial charge on any atom is 0.317 e. The molecular formula is C19H27N3O2. The maximum atomic E-state index is 12.5. The highest BCUT2D eigenvalue weighted by Gasteiger charge is 2.35. The first kappa shape index (κ1) is 17.0. The van der Waals surface area contributed by atoms with E-state index in [0.717, 1.165) is 18.4 Å². The van der Waals surface area contributed by atoms with E-state index < -0.39 is 5.60 Å². The molecule has 2 heterocycles. The number of piperidine rings is 1. The molecule has 2 amide bonds. The molecule has 130 valence electrons. The zero-order valence-electron chi connectivity index (χ0n) is 14.4. The Balaban J connectivity index is 1.54. The van der Waals surface area contributed by atoms with E-state index in [4.69, 9.17) is 0 Å². The fourth-order valence-corrected chi connectivity index (χ4v) is 3.63. The molecular weight excluding hydrogens is 302 g/mol. The second-order valence-corrected chi connectivity index (χ2v) is 6.96. The molecule has 3 rings (SSSR count). The number of hydrogen-bond acceptors (Lipinski definition) is 3. The third kappa shape index (κ3) is 3.78. The number of amides is 2. The zero-order valence-corrected chi connectivity index (χ0v) is 14.4. The maximum absolute atomic E-state index is 12.5. The summed E-state index contributed by atoms with van der Waals surface area (Å²) in [6.07, 6.45) is 11.5. The van der Waals surface area contributed by atoms with Gasteiger partial charge in [-0.05, 0) is 51.5 Å². The second-order valence-electron chi connectivity index (χ2n) is 6.96. The van der Waals surface area contributed by atoms with Gasteiger partial charge in [0.15, 0.2) is 0 Å². The molecule has 5 nitrogen and oxygen atoms in total. The van der Waals surface area contributed by atoms with Crippen molar-refractivity contribution < 1.29 is 9.90 Å². The van der Waals surface area contributed by atoms with E-state index in [1.807, 2.05) is 17.0 Å². The first-order chi connectivity index (χ1) is 11.6. The monoisotopic (exact) mass is 329 g/mol. The SMILES string of the molecule is C[C@@H](NC(=O)N1CCC(O)(c2cccnc2)CC1)C1=CCCCC1. The molecule has 1 fully saturated rings. The number of urea groups is 1. The van der Waals surface area contributed by atoms with Gasteiger partial charge in [0.25, 0.3) is 0 Å². The second kappa shape index (κ2) is 7.34. The minimum absolute atomic E-state index is 0.0257. The minimum atomic E-state index is -0.872. The van der Waals surface area contributed by atoms with E-state index in [2.05, 4.69) is 23.3 Å². The summed E-state index contributed by atoms with van der Waals surface area (Å²) in [7, 11) is 0. The Morgan fingerprint density at radius 2 is 2.17 bits per heavy atom. The minimum Gasteiger partial charge on any atom is -0.385 e. The zero-order chi connectivity index (χ0) is 17.0. The predicted octanol–water partition coefficient (Wildman–Crippen LogP) is 2.96. The predicted molar refractivity (Wildman–Crippen MR) is 93.5 cm³/mol. The van der Waals surface area contributed by atoms with Crippen LogP contribution in [0.5, 0.6) is 0 Å². The smallest absolute Gasteiger partial charge is 0.317 e. The number of aromatic nitrogens is 1. The molecule has 1 aliphatic heterocycles. The first-order valence-electron chi connectivity index (χ1n) is 8.96. The summed E-state index contributed by atoms with van der Waals surface area (Å²) in [5.74, 6) is 0. The van der Waals surface area contributed by atoms with Gasteiger partial charge in [0.05, 0.1) is 5.60 Å². The first-order valence-corrected chi connectivity index (χ1v) is 8.96. The van der Waals surface area contributed by atoms with Gasteiger partial charge in [0.1, 0.15) is 0 Å². The molecule has 24 heavy (non-hydrogen) atoms. The van der Waals surface area contributed by atoms with Crippen LogP contribution in [0, 0.1) is 0 Å². The summed E-state index contributed by atoms with van der Waals surface area (Å²) in [6.45, 7) is 3.18. The Hall–Kier alpha value is -1.88. The Morgan fingerprint density at radius 1 is 1.38 bits per heavy atom. The molecule has 1 aromatic rings. The summed E-state index contributed by atoms with van der Waals surface area (Å²) in [5, 5.41) is 13.9. The number of pyridine rings is 1. The highest BCUT2D eigenvalue weighted by molar-refractivity contribution is 5.75. The van der Waals surface area contributed by atoms with E-state index in [0.29, 0.717) is 25.9 Å². The van der Waals surface area contributed by atoms with Crippen LogP contribution in [0.15, 0.2) is 36.2 Å². The number of carbonyl (C=O) groups excluding carboxylic acids is 1. The average molecular weight is 329 g/mol. The summed E-state index contributed by atoms with van der Waals surface area (Å²) in [5.41, 5.74) is 1.31. The van der Waals surface area contributed by atoms with Crippen molar-refractivity contribution in [3.8, 4) is 0 Å². The van der Waals surface area contributed by atoms with Crippen LogP contribution in [-0.2, 0) is 5.60 Å². The number of allylic oxidation sites excluding steroid dienone is 1. The van der Waals surface area contributed by atoms with Crippen LogP contribution in [0.25, 0.3) is 0 Å². The average Bonchev–Trinajstić information content (AvgIpc) is 2.63. The number of nitrogens with one attached hydrogen (secondary N) is 1. The molecule has 2 N–H and O–H groups in total. The van der Waals surface area contributed by atoms with Crippen LogP contribution >= 0.6 is 0 Å². The number of rotatable bonds is 3. The molecule has 0 spiro atoms. The molecule has 1 aliphatic carbocycles. The van der Waals surface area contributed by atoms with Crippen LogP contribution in [0.4, 0.5) is 4.79 Å². The molecule has 1 atom stereocenters. The fourth-order valence-electron chi connectivity index (χ4n) is 3.63. The number of aliphatic hydroxyl groups is 1. The lowest BCUT2D eigenvalue weighted by atomic mass is 9.85. The molecule has 1 aromatic heterocycles. The summed E-state index contributed by atoms with van der Waals surface area (Å²) < 4.78 is 0. The lowest BCUT2D eigenvalue weighted by molar-refractivity contribution is -0.0171. The van der Waals surface area contributed by atoms with Crippen molar-refractivity contribution >= 4 is 6.03 Å². The van der Waals surface area contributed by atoms with E-state index in [1.54, 1.807) is 12.4 Å². The Labute approximate surface area is 143 Å². The summed E-state index contributed by atoms with van der Waals surface area (Å²) in [6, 6.07) is 3.81. The highest BCUT2D eigenvalue weighted by Crippen LogP contribution is 2.32. The Bertz CT molecular complexity index is 592. The van der Waals surface area contributed by atoms with Gasteiger partial charge in [-0.1, -0.05) is 17.7 Å². The topological polar surface area (TPSA) is 65.5 Å². The van der Waals surface area contributed by atoms with Crippen LogP contribution < -0.4 is 5.32 Å². The van der Waals surface area contributed by atoms with Gasteiger partial charge < -0.3 is 15.3 Å². The molecule has 1 saturated heterocycles. The van der Waals surface area contributed by atoms with E-state index in [9.17, 15) is 9.90 Å². The van der Waals surface area contributed by atoms with E-state index in [1.165, 1.54) is 18.4 Å². The number of hydrogen-bond donors (Lipinski definition) is 2. The van der Waals surface area contributed by atoms with Gasteiger partial charge in [-0.2, -0.15) is 0 Å². The van der Waals surface area contributed by atoms with Crippen LogP contribution in [0.3, 0.4) is 0 Å². The van der Waals surface area contributed by atoms with Crippen molar-refractivity contribution in [1.29, 1.82) is 0 Å². The molecule has 5 heteroatoms. The molecule has 0 radical (unpaired) electrons. The van der Waals surface area contributed by atoms with Crippen molar-refractivity contribution in [1.82, 2.24) is 15.2 Å². The van der Waals surface area contributed by atoms with E-state index >= 15 is 0 Å². The van der Waals surface area contributed by atoms with Gasteiger partial charge in [0, 0.05) is 37.1 Å². The van der Waals surface area contributed by atoms with E-state index in [-0.39, 0.29) is 12.1 Å². The quantitative estimate of drug-likeness (QED) is 0.838. The highest BCUT2D eigenvalue weighted by atomic mass is 16.3. The van der Waals surface area contributed by atoms with Gasteiger partial charge in [0.2, 0.25) is 0 Å². The fraction of sp³-hybridized carbons (Fsp3) is 0.579. The molecule has 0 aromatic carbocycles. The largest absolute Gasteiger partial charge is 0.385 e. The summed E-state index contributed by atoms with van der Waals surface area (Å²) >= 11 is 0. The molecule has 2 aliphatic rings. The van der Waals surface area contributed by atoms with Crippen molar-refractivity contribution in [2.45, 2.75) is 57.1 Å². The lowest BCUT2D eigenvalue weighted by Crippen LogP contribution is -2.50. The van der Waals surface area contributed by atoms with Crippen LogP contribution in [0.2, 0.25) is 0 Å². The van der Waals surface area contributed by atoms with Gasteiger partial charge in [-0.15, -0.1) is 0 Å². The van der Waals surface area contributed by atoms with Crippen molar-refractivity contribution in [3.63, 3.8) is 0 Å². The number of likely N-dealkylation sites (tertiary alicyclic amines) is 1. The van der Waals surface area contributed by atoms with Gasteiger partial charge in [-0.25, -0.2) is 4.79 Å². The third-order valence-electron chi connectivity index (χ3n) is 5.30. The molecule has 0 unspecified atom stereocenters. The van der Waals surface area contributed by atoms with Crippen LogP contribution in [0.1, 0.15) is 51.0 Å². The van der Waals surface area contributed by atoms with Crippen molar-refractivity contribution in [3.05, 3.63) is 41.7 Å². The van der Waals surface area contributed by atoms with Gasteiger partial charge >= 0.3 is 6.03 Å². The van der Waals surface area contributed by atoms with Crippen molar-refractivity contribution in [2.75, 3.05) is 13.1 Å². The Morgan fingerprint density at radius 3 is 2.79 bits per heavy atom. The van der Waals surface area contributed by atoms with Crippen LogP contribution in [-0.4, -0.2) is 40.2 Å². The number of carbonyl (C=O) groups is 1. The molecule has 0 bridgehead atoms. The number of nitrogens with zero attached hydrogens (tertiary/aromatic N) is 2. The van der Waals surface area contributed by atoms with Gasteiger partial charge in [-0.3, -0.25) is 4.98 Å².